The number of fused-ring (bicyclic) bond motifs is 1. The highest BCUT2D eigenvalue weighted by atomic mass is 32.1. The number of aromatic nitrogens is 1. The first-order chi connectivity index (χ1) is 13.2. The highest BCUT2D eigenvalue weighted by Crippen LogP contribution is 2.22. The van der Waals surface area contributed by atoms with Crippen molar-refractivity contribution in [2.75, 3.05) is 13.7 Å². The van der Waals surface area contributed by atoms with Crippen LogP contribution in [0, 0.1) is 0 Å². The minimum Gasteiger partial charge on any atom is -0.497 e. The smallest absolute Gasteiger partial charge is 0.268 e. The quantitative estimate of drug-likeness (QED) is 0.566. The third-order valence-corrected chi connectivity index (χ3v) is 5.57. The van der Waals surface area contributed by atoms with Crippen LogP contribution in [0.15, 0.2) is 53.3 Å². The number of nitrogens with one attached hydrogen (secondary N) is 1. The molecule has 142 valence electrons. The highest BCUT2D eigenvalue weighted by molar-refractivity contribution is 7.13. The van der Waals surface area contributed by atoms with Crippen molar-refractivity contribution in [1.29, 1.82) is 0 Å². The molecule has 0 bridgehead atoms. The number of hydrogen-bond donors (Lipinski definition) is 1. The standard InChI is InChI=1S/C21H24N2O3S/c1-26-17-11-12-18-19(15-17)27-23(21(18)25)14-8-3-2-7-13-22-20(24)16-9-5-4-6-10-16/h4-6,9-12,15H,2-3,7-8,13-14H2,1H3,(H,22,24). The van der Waals surface area contributed by atoms with E-state index in [-0.39, 0.29) is 11.5 Å². The van der Waals surface area contributed by atoms with Gasteiger partial charge in [-0.15, -0.1) is 0 Å². The Balaban J connectivity index is 1.38. The number of methoxy groups -OCH3 is 1. The summed E-state index contributed by atoms with van der Waals surface area (Å²) in [7, 11) is 1.63. The van der Waals surface area contributed by atoms with Crippen molar-refractivity contribution in [1.82, 2.24) is 9.27 Å². The number of ether oxygens (including phenoxy) is 1. The van der Waals surface area contributed by atoms with Gasteiger partial charge < -0.3 is 10.1 Å². The molecule has 3 rings (SSSR count). The van der Waals surface area contributed by atoms with E-state index in [0.29, 0.717) is 12.1 Å². The second-order valence-electron chi connectivity index (χ2n) is 6.40. The van der Waals surface area contributed by atoms with Crippen LogP contribution in [0.5, 0.6) is 5.75 Å². The van der Waals surface area contributed by atoms with E-state index in [9.17, 15) is 9.59 Å². The van der Waals surface area contributed by atoms with E-state index in [4.69, 9.17) is 4.74 Å². The highest BCUT2D eigenvalue weighted by Gasteiger charge is 2.08. The van der Waals surface area contributed by atoms with Crippen LogP contribution in [-0.2, 0) is 6.54 Å². The molecule has 2 aromatic carbocycles. The Kier molecular flexibility index (Phi) is 6.65. The molecular weight excluding hydrogens is 360 g/mol. The molecule has 0 aliphatic carbocycles. The lowest BCUT2D eigenvalue weighted by Gasteiger charge is -2.05. The van der Waals surface area contributed by atoms with Crippen molar-refractivity contribution >= 4 is 27.5 Å². The van der Waals surface area contributed by atoms with E-state index in [2.05, 4.69) is 5.32 Å². The fourth-order valence-corrected chi connectivity index (χ4v) is 4.01. The molecule has 1 amide bonds. The summed E-state index contributed by atoms with van der Waals surface area (Å²) in [6.45, 7) is 1.41. The Hall–Kier alpha value is -2.60. The molecule has 0 radical (unpaired) electrons. The van der Waals surface area contributed by atoms with Gasteiger partial charge in [-0.1, -0.05) is 42.6 Å². The molecule has 0 aliphatic rings. The van der Waals surface area contributed by atoms with E-state index in [1.165, 1.54) is 11.5 Å². The van der Waals surface area contributed by atoms with Gasteiger partial charge in [0.05, 0.1) is 17.2 Å². The maximum Gasteiger partial charge on any atom is 0.268 e. The van der Waals surface area contributed by atoms with Gasteiger partial charge >= 0.3 is 0 Å². The third kappa shape index (κ3) is 4.98. The maximum atomic E-state index is 12.4. The van der Waals surface area contributed by atoms with Gasteiger partial charge in [0, 0.05) is 18.7 Å². The SMILES string of the molecule is COc1ccc2c(=O)n(CCCCCCNC(=O)c3ccccc3)sc2c1. The average Bonchev–Trinajstić information content (AvgIpc) is 3.02. The van der Waals surface area contributed by atoms with E-state index in [0.717, 1.165) is 48.1 Å². The summed E-state index contributed by atoms with van der Waals surface area (Å²) in [5, 5.41) is 3.70. The molecule has 0 aliphatic heterocycles. The van der Waals surface area contributed by atoms with Gasteiger partial charge in [0.15, 0.2) is 0 Å². The zero-order valence-electron chi connectivity index (χ0n) is 15.4. The molecule has 0 atom stereocenters. The lowest BCUT2D eigenvalue weighted by atomic mass is 10.2. The molecule has 6 heteroatoms. The minimum atomic E-state index is -0.0251. The zero-order valence-corrected chi connectivity index (χ0v) is 16.3. The van der Waals surface area contributed by atoms with Gasteiger partial charge in [0.1, 0.15) is 5.75 Å². The van der Waals surface area contributed by atoms with Crippen molar-refractivity contribution < 1.29 is 9.53 Å². The van der Waals surface area contributed by atoms with Crippen LogP contribution in [0.1, 0.15) is 36.0 Å². The number of carbonyl (C=O) groups excluding carboxylic acids is 1. The number of amides is 1. The predicted octanol–water partition coefficient (Wildman–Crippen LogP) is 4.06. The maximum absolute atomic E-state index is 12.4. The number of carbonyl (C=O) groups is 1. The fraction of sp³-hybridized carbons (Fsp3) is 0.333. The van der Waals surface area contributed by atoms with Crippen molar-refractivity contribution in [2.24, 2.45) is 0 Å². The molecule has 0 saturated heterocycles. The third-order valence-electron chi connectivity index (χ3n) is 4.46. The molecule has 0 saturated carbocycles. The summed E-state index contributed by atoms with van der Waals surface area (Å²) in [4.78, 5) is 24.3. The molecule has 1 aromatic heterocycles. The van der Waals surface area contributed by atoms with Gasteiger partial charge in [-0.2, -0.15) is 0 Å². The summed E-state index contributed by atoms with van der Waals surface area (Å²) >= 11 is 1.49. The molecular formula is C21H24N2O3S. The molecule has 0 fully saturated rings. The topological polar surface area (TPSA) is 60.3 Å². The van der Waals surface area contributed by atoms with Crippen LogP contribution >= 0.6 is 11.5 Å². The number of hydrogen-bond acceptors (Lipinski definition) is 4. The average molecular weight is 385 g/mol. The first-order valence-electron chi connectivity index (χ1n) is 9.20. The van der Waals surface area contributed by atoms with E-state index in [1.807, 2.05) is 52.5 Å². The number of rotatable bonds is 9. The second-order valence-corrected chi connectivity index (χ2v) is 7.46. The summed E-state index contributed by atoms with van der Waals surface area (Å²) < 4.78 is 8.00. The van der Waals surface area contributed by atoms with Crippen molar-refractivity contribution in [3.63, 3.8) is 0 Å². The lowest BCUT2D eigenvalue weighted by molar-refractivity contribution is 0.0953. The Labute approximate surface area is 162 Å². The van der Waals surface area contributed by atoms with Crippen LogP contribution in [0.3, 0.4) is 0 Å². The molecule has 0 spiro atoms. The summed E-state index contributed by atoms with van der Waals surface area (Å²) in [5.41, 5.74) is 0.769. The monoisotopic (exact) mass is 384 g/mol. The van der Waals surface area contributed by atoms with Crippen LogP contribution in [-0.4, -0.2) is 23.5 Å². The number of unbranched alkanes of at least 4 members (excludes halogenated alkanes) is 3. The number of aryl methyl sites for hydroxylation is 1. The Morgan fingerprint density at radius 3 is 2.63 bits per heavy atom. The predicted molar refractivity (Wildman–Crippen MR) is 110 cm³/mol. The first-order valence-corrected chi connectivity index (χ1v) is 9.97. The van der Waals surface area contributed by atoms with Crippen molar-refractivity contribution in [3.8, 4) is 5.75 Å². The zero-order chi connectivity index (χ0) is 19.1. The fourth-order valence-electron chi connectivity index (χ4n) is 2.95. The van der Waals surface area contributed by atoms with E-state index in [1.54, 1.807) is 7.11 Å². The van der Waals surface area contributed by atoms with Gasteiger partial charge in [0.25, 0.3) is 11.5 Å². The van der Waals surface area contributed by atoms with Crippen LogP contribution in [0.2, 0.25) is 0 Å². The molecule has 27 heavy (non-hydrogen) atoms. The lowest BCUT2D eigenvalue weighted by Crippen LogP contribution is -2.24. The molecule has 5 nitrogen and oxygen atoms in total. The van der Waals surface area contributed by atoms with Crippen molar-refractivity contribution in [3.05, 3.63) is 64.4 Å². The second kappa shape index (κ2) is 9.37. The van der Waals surface area contributed by atoms with Gasteiger partial charge in [-0.25, -0.2) is 0 Å². The summed E-state index contributed by atoms with van der Waals surface area (Å²) in [6.07, 6.45) is 3.96. The summed E-state index contributed by atoms with van der Waals surface area (Å²) in [6, 6.07) is 14.8. The van der Waals surface area contributed by atoms with Crippen LogP contribution in [0.4, 0.5) is 0 Å². The van der Waals surface area contributed by atoms with E-state index >= 15 is 0 Å². The normalized spacial score (nSPS) is 10.9. The Bertz CT molecular complexity index is 947. The van der Waals surface area contributed by atoms with Crippen molar-refractivity contribution in [2.45, 2.75) is 32.2 Å². The van der Waals surface area contributed by atoms with Crippen LogP contribution < -0.4 is 15.6 Å². The summed E-state index contributed by atoms with van der Waals surface area (Å²) in [5.74, 6) is 0.747. The molecule has 1 heterocycles. The Morgan fingerprint density at radius 2 is 1.85 bits per heavy atom. The number of nitrogens with zero attached hydrogens (tertiary/aromatic N) is 1. The molecule has 1 N–H and O–H groups in total. The van der Waals surface area contributed by atoms with E-state index < -0.39 is 0 Å². The van der Waals surface area contributed by atoms with Gasteiger partial charge in [-0.3, -0.25) is 13.5 Å². The largest absolute Gasteiger partial charge is 0.497 e. The van der Waals surface area contributed by atoms with Gasteiger partial charge in [-0.05, 0) is 43.2 Å². The molecule has 0 unspecified atom stereocenters. The van der Waals surface area contributed by atoms with Gasteiger partial charge in [0.2, 0.25) is 0 Å². The minimum absolute atomic E-state index is 0.0251. The van der Waals surface area contributed by atoms with Crippen LogP contribution in [0.25, 0.3) is 10.1 Å². The number of benzene rings is 2. The first kappa shape index (κ1) is 19.2. The Morgan fingerprint density at radius 1 is 1.07 bits per heavy atom. The molecule has 3 aromatic rings.